The van der Waals surface area contributed by atoms with Crippen LogP contribution in [-0.4, -0.2) is 26.3 Å². The highest BCUT2D eigenvalue weighted by atomic mass is 32.2. The third-order valence-corrected chi connectivity index (χ3v) is 5.90. The maximum Gasteiger partial charge on any atom is 0.181 e. The topological polar surface area (TPSA) is 46.2 Å². The third-order valence-electron chi connectivity index (χ3n) is 3.68. The summed E-state index contributed by atoms with van der Waals surface area (Å²) in [6.07, 6.45) is 3.20. The predicted molar refractivity (Wildman–Crippen MR) is 73.3 cm³/mol. The van der Waals surface area contributed by atoms with E-state index in [4.69, 9.17) is 0 Å². The van der Waals surface area contributed by atoms with Crippen molar-refractivity contribution in [1.82, 2.24) is 5.32 Å². The van der Waals surface area contributed by atoms with E-state index in [0.29, 0.717) is 12.8 Å². The Morgan fingerprint density at radius 2 is 2.16 bits per heavy atom. The van der Waals surface area contributed by atoms with Crippen molar-refractivity contribution in [3.05, 3.63) is 30.1 Å². The van der Waals surface area contributed by atoms with Crippen LogP contribution >= 0.6 is 0 Å². The number of nitrogens with one attached hydrogen (secondary N) is 1. The summed E-state index contributed by atoms with van der Waals surface area (Å²) in [6, 6.07) is 5.57. The quantitative estimate of drug-likeness (QED) is 0.924. The van der Waals surface area contributed by atoms with Crippen LogP contribution in [0.1, 0.15) is 32.6 Å². The van der Waals surface area contributed by atoms with Gasteiger partial charge in [-0.3, -0.25) is 0 Å². The van der Waals surface area contributed by atoms with Gasteiger partial charge >= 0.3 is 0 Å². The maximum atomic E-state index is 13.2. The molecule has 0 aromatic heterocycles. The van der Waals surface area contributed by atoms with Gasteiger partial charge in [0.2, 0.25) is 0 Å². The minimum Gasteiger partial charge on any atom is -0.314 e. The fraction of sp³-hybridized carbons (Fsp3) is 0.571. The first kappa shape index (κ1) is 14.5. The molecule has 19 heavy (non-hydrogen) atoms. The Labute approximate surface area is 114 Å². The van der Waals surface area contributed by atoms with E-state index >= 15 is 0 Å². The first-order valence-corrected chi connectivity index (χ1v) is 8.31. The van der Waals surface area contributed by atoms with Crippen molar-refractivity contribution in [2.75, 3.05) is 6.54 Å². The molecular formula is C14H20FNO2S. The molecule has 0 saturated heterocycles. The molecule has 0 bridgehead atoms. The lowest BCUT2D eigenvalue weighted by Crippen LogP contribution is -2.38. The van der Waals surface area contributed by atoms with Crippen LogP contribution in [0.15, 0.2) is 29.2 Å². The Bertz CT molecular complexity index is 528. The van der Waals surface area contributed by atoms with Gasteiger partial charge in [-0.25, -0.2) is 12.8 Å². The molecule has 2 rings (SSSR count). The second-order valence-electron chi connectivity index (χ2n) is 5.05. The number of hydrogen-bond acceptors (Lipinski definition) is 3. The minimum absolute atomic E-state index is 0.106. The highest BCUT2D eigenvalue weighted by Gasteiger charge is 2.32. The molecule has 106 valence electrons. The summed E-state index contributed by atoms with van der Waals surface area (Å²) in [6.45, 7) is 2.86. The number of rotatable bonds is 4. The van der Waals surface area contributed by atoms with E-state index in [2.05, 4.69) is 5.32 Å². The van der Waals surface area contributed by atoms with Crippen molar-refractivity contribution in [3.8, 4) is 0 Å². The average molecular weight is 285 g/mol. The zero-order valence-electron chi connectivity index (χ0n) is 11.1. The Hall–Kier alpha value is -0.940. The summed E-state index contributed by atoms with van der Waals surface area (Å²) < 4.78 is 38.2. The summed E-state index contributed by atoms with van der Waals surface area (Å²) in [5.74, 6) is -0.500. The van der Waals surface area contributed by atoms with Crippen LogP contribution < -0.4 is 5.32 Å². The van der Waals surface area contributed by atoms with Crippen LogP contribution in [0.5, 0.6) is 0 Å². The Kier molecular flexibility index (Phi) is 4.58. The van der Waals surface area contributed by atoms with Crippen LogP contribution in [0, 0.1) is 5.82 Å². The molecule has 1 fully saturated rings. The summed E-state index contributed by atoms with van der Waals surface area (Å²) in [7, 11) is -3.42. The lowest BCUT2D eigenvalue weighted by molar-refractivity contribution is 0.377. The van der Waals surface area contributed by atoms with Gasteiger partial charge in [-0.1, -0.05) is 19.4 Å². The van der Waals surface area contributed by atoms with Crippen molar-refractivity contribution < 1.29 is 12.8 Å². The average Bonchev–Trinajstić information content (AvgIpc) is 2.39. The number of halogens is 1. The molecule has 2 atom stereocenters. The van der Waals surface area contributed by atoms with E-state index in [1.807, 2.05) is 6.92 Å². The van der Waals surface area contributed by atoms with E-state index < -0.39 is 20.9 Å². The van der Waals surface area contributed by atoms with Crippen molar-refractivity contribution >= 4 is 9.84 Å². The van der Waals surface area contributed by atoms with Gasteiger partial charge in [-0.15, -0.1) is 0 Å². The summed E-state index contributed by atoms with van der Waals surface area (Å²) in [5.41, 5.74) is 0. The summed E-state index contributed by atoms with van der Waals surface area (Å²) in [5, 5.41) is 2.91. The highest BCUT2D eigenvalue weighted by molar-refractivity contribution is 7.92. The molecule has 2 unspecified atom stereocenters. The van der Waals surface area contributed by atoms with Crippen LogP contribution in [0.4, 0.5) is 4.39 Å². The van der Waals surface area contributed by atoms with Crippen LogP contribution in [0.3, 0.4) is 0 Å². The van der Waals surface area contributed by atoms with Gasteiger partial charge in [-0.2, -0.15) is 0 Å². The maximum absolute atomic E-state index is 13.2. The SMILES string of the molecule is CCNC1CCCC(S(=O)(=O)c2cccc(F)c2)C1. The summed E-state index contributed by atoms with van der Waals surface area (Å²) in [4.78, 5) is 0.106. The molecule has 1 aliphatic carbocycles. The van der Waals surface area contributed by atoms with Gasteiger partial charge in [0.1, 0.15) is 5.82 Å². The zero-order valence-corrected chi connectivity index (χ0v) is 11.9. The van der Waals surface area contributed by atoms with Crippen molar-refractivity contribution in [3.63, 3.8) is 0 Å². The summed E-state index contributed by atoms with van der Waals surface area (Å²) >= 11 is 0. The fourth-order valence-electron chi connectivity index (χ4n) is 2.74. The largest absolute Gasteiger partial charge is 0.314 e. The van der Waals surface area contributed by atoms with Crippen molar-refractivity contribution in [1.29, 1.82) is 0 Å². The molecular weight excluding hydrogens is 265 g/mol. The fourth-order valence-corrected chi connectivity index (χ4v) is 4.63. The Morgan fingerprint density at radius 3 is 2.84 bits per heavy atom. The monoisotopic (exact) mass is 285 g/mol. The minimum atomic E-state index is -3.42. The van der Waals surface area contributed by atoms with Crippen LogP contribution in [0.25, 0.3) is 0 Å². The molecule has 1 aromatic carbocycles. The number of benzene rings is 1. The van der Waals surface area contributed by atoms with Gasteiger partial charge in [0.25, 0.3) is 0 Å². The lowest BCUT2D eigenvalue weighted by atomic mass is 9.95. The van der Waals surface area contributed by atoms with Gasteiger partial charge in [0.15, 0.2) is 9.84 Å². The Balaban J connectivity index is 2.19. The van der Waals surface area contributed by atoms with E-state index in [0.717, 1.165) is 25.5 Å². The Morgan fingerprint density at radius 1 is 1.37 bits per heavy atom. The second kappa shape index (κ2) is 6.01. The molecule has 1 N–H and O–H groups in total. The van der Waals surface area contributed by atoms with Gasteiger partial charge < -0.3 is 5.32 Å². The van der Waals surface area contributed by atoms with E-state index in [-0.39, 0.29) is 10.9 Å². The standard InChI is InChI=1S/C14H20FNO2S/c1-2-16-12-6-4-8-14(10-12)19(17,18)13-7-3-5-11(15)9-13/h3,5,7,9,12,14,16H,2,4,6,8,10H2,1H3. The molecule has 3 nitrogen and oxygen atoms in total. The smallest absolute Gasteiger partial charge is 0.181 e. The highest BCUT2D eigenvalue weighted by Crippen LogP contribution is 2.29. The molecule has 5 heteroatoms. The second-order valence-corrected chi connectivity index (χ2v) is 7.27. The van der Waals surface area contributed by atoms with E-state index in [9.17, 15) is 12.8 Å². The number of sulfone groups is 1. The van der Waals surface area contributed by atoms with Crippen LogP contribution in [0.2, 0.25) is 0 Å². The lowest BCUT2D eigenvalue weighted by Gasteiger charge is -2.29. The van der Waals surface area contributed by atoms with Gasteiger partial charge in [0, 0.05) is 6.04 Å². The van der Waals surface area contributed by atoms with E-state index in [1.165, 1.54) is 18.2 Å². The van der Waals surface area contributed by atoms with E-state index in [1.54, 1.807) is 0 Å². The normalized spacial score (nSPS) is 24.3. The predicted octanol–water partition coefficient (Wildman–Crippen LogP) is 2.52. The molecule has 1 aromatic rings. The first-order valence-electron chi connectivity index (χ1n) is 6.77. The van der Waals surface area contributed by atoms with Gasteiger partial charge in [0.05, 0.1) is 10.1 Å². The van der Waals surface area contributed by atoms with Crippen molar-refractivity contribution in [2.24, 2.45) is 0 Å². The van der Waals surface area contributed by atoms with Crippen LogP contribution in [-0.2, 0) is 9.84 Å². The van der Waals surface area contributed by atoms with Crippen molar-refractivity contribution in [2.45, 2.75) is 48.8 Å². The first-order chi connectivity index (χ1) is 9.04. The third kappa shape index (κ3) is 3.34. The molecule has 1 saturated carbocycles. The molecule has 0 aliphatic heterocycles. The zero-order chi connectivity index (χ0) is 13.9. The molecule has 0 amide bonds. The number of hydrogen-bond donors (Lipinski definition) is 1. The molecule has 0 spiro atoms. The van der Waals surface area contributed by atoms with Gasteiger partial charge in [-0.05, 0) is 44.0 Å². The molecule has 0 heterocycles. The molecule has 1 aliphatic rings. The molecule has 0 radical (unpaired) electrons.